The molecule has 0 radical (unpaired) electrons. The number of hydrogen-bond acceptors (Lipinski definition) is 5. The van der Waals surface area contributed by atoms with Crippen LogP contribution in [-0.2, 0) is 17.8 Å². The average molecular weight is 414 g/mol. The van der Waals surface area contributed by atoms with E-state index in [0.29, 0.717) is 28.7 Å². The maximum Gasteiger partial charge on any atom is 0.269 e. The fraction of sp³-hybridized carbons (Fsp3) is 0.238. The van der Waals surface area contributed by atoms with Crippen molar-refractivity contribution in [2.24, 2.45) is 0 Å². The van der Waals surface area contributed by atoms with Crippen LogP contribution in [0, 0.1) is 17.0 Å². The van der Waals surface area contributed by atoms with Crippen molar-refractivity contribution in [3.05, 3.63) is 80.8 Å². The number of carbonyl (C=O) groups is 1. The highest BCUT2D eigenvalue weighted by Gasteiger charge is 2.16. The summed E-state index contributed by atoms with van der Waals surface area (Å²) in [7, 11) is 1.63. The summed E-state index contributed by atoms with van der Waals surface area (Å²) in [6.07, 6.45) is 2.21. The number of halogens is 1. The Labute approximate surface area is 173 Å². The van der Waals surface area contributed by atoms with Crippen LogP contribution in [0.3, 0.4) is 0 Å². The van der Waals surface area contributed by atoms with E-state index in [1.54, 1.807) is 13.2 Å². The third-order valence-electron chi connectivity index (χ3n) is 4.52. The smallest absolute Gasteiger partial charge is 0.269 e. The number of oxazole rings is 1. The van der Waals surface area contributed by atoms with Crippen LogP contribution in [0.25, 0.3) is 11.3 Å². The van der Waals surface area contributed by atoms with Gasteiger partial charge in [-0.15, -0.1) is 0 Å². The first-order chi connectivity index (χ1) is 13.8. The lowest BCUT2D eigenvalue weighted by atomic mass is 10.1. The van der Waals surface area contributed by atoms with Crippen molar-refractivity contribution >= 4 is 23.2 Å². The van der Waals surface area contributed by atoms with Gasteiger partial charge in [0, 0.05) is 49.2 Å². The molecule has 0 saturated heterocycles. The number of rotatable bonds is 7. The molecule has 1 amide bonds. The van der Waals surface area contributed by atoms with Gasteiger partial charge in [-0.3, -0.25) is 14.9 Å². The predicted molar refractivity (Wildman–Crippen MR) is 110 cm³/mol. The Balaban J connectivity index is 1.59. The van der Waals surface area contributed by atoms with Gasteiger partial charge in [0.05, 0.1) is 11.1 Å². The number of benzene rings is 2. The van der Waals surface area contributed by atoms with E-state index in [9.17, 15) is 14.9 Å². The quantitative estimate of drug-likeness (QED) is 0.410. The summed E-state index contributed by atoms with van der Waals surface area (Å²) in [5.74, 6) is 1.00. The highest BCUT2D eigenvalue weighted by Crippen LogP contribution is 2.24. The molecule has 1 aromatic heterocycles. The average Bonchev–Trinajstić information content (AvgIpc) is 3.17. The Morgan fingerprint density at radius 3 is 2.66 bits per heavy atom. The van der Waals surface area contributed by atoms with Crippen molar-refractivity contribution < 1.29 is 14.1 Å². The fourth-order valence-corrected chi connectivity index (χ4v) is 3.00. The normalized spacial score (nSPS) is 10.7. The lowest BCUT2D eigenvalue weighted by Crippen LogP contribution is -2.26. The van der Waals surface area contributed by atoms with Crippen LogP contribution in [0.2, 0.25) is 5.02 Å². The first-order valence-electron chi connectivity index (χ1n) is 9.02. The topological polar surface area (TPSA) is 89.5 Å². The zero-order valence-electron chi connectivity index (χ0n) is 16.1. The lowest BCUT2D eigenvalue weighted by molar-refractivity contribution is -0.384. The first kappa shape index (κ1) is 20.5. The molecule has 29 heavy (non-hydrogen) atoms. The van der Waals surface area contributed by atoms with Crippen LogP contribution >= 0.6 is 11.6 Å². The monoisotopic (exact) mass is 413 g/mol. The molecule has 3 aromatic rings. The first-order valence-corrected chi connectivity index (χ1v) is 9.40. The van der Waals surface area contributed by atoms with Crippen LogP contribution in [0.1, 0.15) is 23.4 Å². The standard InChI is InChI=1S/C21H20ClN3O4/c1-14-3-5-15(6-4-14)19-12-23-20(29-19)9-10-21(26)24(2)13-16-11-17(25(27)28)7-8-18(16)22/h3-8,11-12H,9-10,13H2,1-2H3. The SMILES string of the molecule is Cc1ccc(-c2cnc(CCC(=O)N(C)Cc3cc([N+](=O)[O-])ccc3Cl)o2)cc1. The zero-order chi connectivity index (χ0) is 21.0. The molecule has 7 nitrogen and oxygen atoms in total. The highest BCUT2D eigenvalue weighted by atomic mass is 35.5. The Kier molecular flexibility index (Phi) is 6.29. The molecule has 0 bridgehead atoms. The molecule has 0 aliphatic heterocycles. The Morgan fingerprint density at radius 2 is 1.97 bits per heavy atom. The number of aryl methyl sites for hydroxylation is 2. The maximum absolute atomic E-state index is 12.4. The van der Waals surface area contributed by atoms with Crippen molar-refractivity contribution in [3.63, 3.8) is 0 Å². The summed E-state index contributed by atoms with van der Waals surface area (Å²) < 4.78 is 5.74. The predicted octanol–water partition coefficient (Wildman–Crippen LogP) is 4.80. The number of carbonyl (C=O) groups excluding carboxylic acids is 1. The third-order valence-corrected chi connectivity index (χ3v) is 4.88. The van der Waals surface area contributed by atoms with E-state index < -0.39 is 4.92 Å². The van der Waals surface area contributed by atoms with Crippen molar-refractivity contribution in [1.82, 2.24) is 9.88 Å². The molecule has 3 rings (SSSR count). The largest absolute Gasteiger partial charge is 0.441 e. The molecule has 0 saturated carbocycles. The summed E-state index contributed by atoms with van der Waals surface area (Å²) >= 11 is 6.11. The fourth-order valence-electron chi connectivity index (χ4n) is 2.82. The molecular weight excluding hydrogens is 394 g/mol. The minimum Gasteiger partial charge on any atom is -0.441 e. The minimum absolute atomic E-state index is 0.0614. The van der Waals surface area contributed by atoms with E-state index in [-0.39, 0.29) is 24.6 Å². The maximum atomic E-state index is 12.4. The Hall–Kier alpha value is -3.19. The van der Waals surface area contributed by atoms with E-state index in [1.807, 2.05) is 31.2 Å². The van der Waals surface area contributed by atoms with E-state index in [1.165, 1.54) is 23.1 Å². The van der Waals surface area contributed by atoms with Crippen LogP contribution in [0.15, 0.2) is 53.1 Å². The lowest BCUT2D eigenvalue weighted by Gasteiger charge is -2.17. The summed E-state index contributed by atoms with van der Waals surface area (Å²) in [4.78, 5) is 28.6. The van der Waals surface area contributed by atoms with Crippen molar-refractivity contribution in [1.29, 1.82) is 0 Å². The summed E-state index contributed by atoms with van der Waals surface area (Å²) in [6, 6.07) is 12.1. The van der Waals surface area contributed by atoms with Gasteiger partial charge in [-0.2, -0.15) is 0 Å². The van der Waals surface area contributed by atoms with Gasteiger partial charge in [0.2, 0.25) is 5.91 Å². The Morgan fingerprint density at radius 1 is 1.24 bits per heavy atom. The Bertz CT molecular complexity index is 1030. The molecule has 0 aliphatic rings. The molecule has 0 atom stereocenters. The number of amides is 1. The number of hydrogen-bond donors (Lipinski definition) is 0. The van der Waals surface area contributed by atoms with Gasteiger partial charge in [-0.1, -0.05) is 41.4 Å². The van der Waals surface area contributed by atoms with Gasteiger partial charge in [0.1, 0.15) is 0 Å². The van der Waals surface area contributed by atoms with Gasteiger partial charge in [-0.05, 0) is 18.6 Å². The van der Waals surface area contributed by atoms with Gasteiger partial charge < -0.3 is 9.32 Å². The van der Waals surface area contributed by atoms with Gasteiger partial charge in [0.25, 0.3) is 5.69 Å². The van der Waals surface area contributed by atoms with Gasteiger partial charge in [0.15, 0.2) is 11.7 Å². The molecule has 0 unspecified atom stereocenters. The summed E-state index contributed by atoms with van der Waals surface area (Å²) in [6.45, 7) is 2.19. The van der Waals surface area contributed by atoms with Crippen LogP contribution in [0.4, 0.5) is 5.69 Å². The number of aromatic nitrogens is 1. The second kappa shape index (κ2) is 8.87. The highest BCUT2D eigenvalue weighted by molar-refractivity contribution is 6.31. The van der Waals surface area contributed by atoms with Gasteiger partial charge in [-0.25, -0.2) is 4.98 Å². The van der Waals surface area contributed by atoms with E-state index in [2.05, 4.69) is 4.98 Å². The number of nitro groups is 1. The molecule has 150 valence electrons. The molecule has 0 aliphatic carbocycles. The number of non-ortho nitro benzene ring substituents is 1. The van der Waals surface area contributed by atoms with Gasteiger partial charge >= 0.3 is 0 Å². The summed E-state index contributed by atoms with van der Waals surface area (Å²) in [5.41, 5.74) is 2.55. The molecule has 0 spiro atoms. The van der Waals surface area contributed by atoms with Crippen LogP contribution in [0.5, 0.6) is 0 Å². The number of nitro benzene ring substituents is 1. The van der Waals surface area contributed by atoms with Crippen molar-refractivity contribution in [3.8, 4) is 11.3 Å². The van der Waals surface area contributed by atoms with E-state index in [0.717, 1.165) is 11.1 Å². The summed E-state index contributed by atoms with van der Waals surface area (Å²) in [5, 5.41) is 11.3. The molecule has 0 fully saturated rings. The third kappa shape index (κ3) is 5.20. The zero-order valence-corrected chi connectivity index (χ0v) is 16.8. The van der Waals surface area contributed by atoms with Crippen molar-refractivity contribution in [2.75, 3.05) is 7.05 Å². The second-order valence-electron chi connectivity index (χ2n) is 6.77. The molecule has 8 heteroatoms. The van der Waals surface area contributed by atoms with Crippen LogP contribution < -0.4 is 0 Å². The van der Waals surface area contributed by atoms with E-state index >= 15 is 0 Å². The van der Waals surface area contributed by atoms with Crippen LogP contribution in [-0.4, -0.2) is 27.8 Å². The minimum atomic E-state index is -0.490. The van der Waals surface area contributed by atoms with Crippen molar-refractivity contribution in [2.45, 2.75) is 26.3 Å². The molecule has 0 N–H and O–H groups in total. The molecular formula is C21H20ClN3O4. The van der Waals surface area contributed by atoms with E-state index in [4.69, 9.17) is 16.0 Å². The number of nitrogens with zero attached hydrogens (tertiary/aromatic N) is 3. The molecule has 2 aromatic carbocycles. The molecule has 1 heterocycles. The second-order valence-corrected chi connectivity index (χ2v) is 7.17.